The maximum Gasteiger partial charge on any atom is 0.197 e. The number of carbonyl (C=O) groups is 1. The van der Waals surface area contributed by atoms with E-state index >= 15 is 0 Å². The van der Waals surface area contributed by atoms with E-state index in [2.05, 4.69) is 0 Å². The number of carbonyl (C=O) groups excluding carboxylic acids is 1. The molecule has 4 heteroatoms. The molecule has 0 radical (unpaired) electrons. The molecule has 1 rings (SSSR count). The Morgan fingerprint density at radius 2 is 1.69 bits per heavy atom. The third kappa shape index (κ3) is 2.72. The minimum Gasteiger partial charge on any atom is -0.492 e. The molecule has 0 fully saturated rings. The van der Waals surface area contributed by atoms with Crippen molar-refractivity contribution in [2.45, 2.75) is 20.8 Å². The third-order valence-electron chi connectivity index (χ3n) is 2.01. The van der Waals surface area contributed by atoms with Gasteiger partial charge in [0.25, 0.3) is 0 Å². The van der Waals surface area contributed by atoms with E-state index in [0.717, 1.165) is 6.07 Å². The van der Waals surface area contributed by atoms with Crippen LogP contribution in [0.5, 0.6) is 11.5 Å². The summed E-state index contributed by atoms with van der Waals surface area (Å²) in [5.41, 5.74) is 0.834. The number of benzene rings is 1. The van der Waals surface area contributed by atoms with Crippen molar-refractivity contribution in [1.82, 2.24) is 0 Å². The van der Waals surface area contributed by atoms with E-state index in [1.165, 1.54) is 14.2 Å². The average molecular weight is 228 g/mol. The Bertz CT molecular complexity index is 362. The molecule has 0 aliphatic heterocycles. The van der Waals surface area contributed by atoms with Crippen molar-refractivity contribution in [3.63, 3.8) is 0 Å². The molecule has 90 valence electrons. The van der Waals surface area contributed by atoms with E-state index in [1.807, 2.05) is 13.8 Å². The van der Waals surface area contributed by atoms with Gasteiger partial charge in [-0.1, -0.05) is 13.8 Å². The van der Waals surface area contributed by atoms with Crippen LogP contribution in [0.1, 0.15) is 29.8 Å². The van der Waals surface area contributed by atoms with E-state index in [9.17, 15) is 9.18 Å². The van der Waals surface area contributed by atoms with Crippen molar-refractivity contribution < 1.29 is 18.7 Å². The summed E-state index contributed by atoms with van der Waals surface area (Å²) in [6, 6.07) is 1.13. The molecule has 0 spiro atoms. The number of ether oxygens (including phenoxy) is 2. The molecule has 0 N–H and O–H groups in total. The first-order chi connectivity index (χ1) is 7.65. The molecule has 0 aliphatic rings. The fourth-order valence-electron chi connectivity index (χ4n) is 1.28. The molecule has 0 aliphatic carbocycles. The van der Waals surface area contributed by atoms with Crippen LogP contribution in [0.15, 0.2) is 6.07 Å². The van der Waals surface area contributed by atoms with Gasteiger partial charge in [0, 0.05) is 11.1 Å². The zero-order chi connectivity index (χ0) is 12.7. The van der Waals surface area contributed by atoms with Gasteiger partial charge in [0.15, 0.2) is 23.6 Å². The smallest absolute Gasteiger partial charge is 0.197 e. The van der Waals surface area contributed by atoms with Crippen LogP contribution in [0.25, 0.3) is 0 Å². The minimum atomic E-state index is -0.600. The Labute approximate surface area is 95.2 Å². The summed E-state index contributed by atoms with van der Waals surface area (Å²) < 4.78 is 23.1. The molecule has 0 aromatic heterocycles. The van der Waals surface area contributed by atoms with E-state index < -0.39 is 5.82 Å². The summed E-state index contributed by atoms with van der Waals surface area (Å²) in [4.78, 5) is 10.6. The quantitative estimate of drug-likeness (QED) is 0.746. The summed E-state index contributed by atoms with van der Waals surface area (Å²) in [5, 5.41) is 0. The standard InChI is InChI=1S/C10H11FO3.C2H6/c1-6-7(5-12)4-8(11)10(14-3)9(6)13-2;1-2/h4-5H,1-3H3;1-2H3. The van der Waals surface area contributed by atoms with Gasteiger partial charge in [-0.25, -0.2) is 4.39 Å². The summed E-state index contributed by atoms with van der Waals surface area (Å²) in [5.74, 6) is -0.317. The predicted octanol–water partition coefficient (Wildman–Crippen LogP) is 2.99. The summed E-state index contributed by atoms with van der Waals surface area (Å²) in [7, 11) is 2.75. The first-order valence-corrected chi connectivity index (χ1v) is 5.02. The predicted molar refractivity (Wildman–Crippen MR) is 61.0 cm³/mol. The van der Waals surface area contributed by atoms with Crippen LogP contribution >= 0.6 is 0 Å². The Hall–Kier alpha value is -1.58. The lowest BCUT2D eigenvalue weighted by Gasteiger charge is -2.12. The number of methoxy groups -OCH3 is 2. The summed E-state index contributed by atoms with van der Waals surface area (Å²) in [6.07, 6.45) is 0.584. The second-order valence-corrected chi connectivity index (χ2v) is 2.76. The van der Waals surface area contributed by atoms with Gasteiger partial charge in [0.2, 0.25) is 0 Å². The van der Waals surface area contributed by atoms with Gasteiger partial charge in [-0.15, -0.1) is 0 Å². The molecule has 0 bridgehead atoms. The maximum absolute atomic E-state index is 13.3. The van der Waals surface area contributed by atoms with Gasteiger partial charge >= 0.3 is 0 Å². The van der Waals surface area contributed by atoms with Crippen LogP contribution in [-0.4, -0.2) is 20.5 Å². The van der Waals surface area contributed by atoms with Crippen LogP contribution in [-0.2, 0) is 0 Å². The zero-order valence-electron chi connectivity index (χ0n) is 10.3. The fraction of sp³-hybridized carbons (Fsp3) is 0.417. The van der Waals surface area contributed by atoms with Crippen LogP contribution < -0.4 is 9.47 Å². The van der Waals surface area contributed by atoms with Crippen molar-refractivity contribution in [1.29, 1.82) is 0 Å². The SMILES string of the molecule is CC.COc1c(F)cc(C=O)c(C)c1OC. The monoisotopic (exact) mass is 228 g/mol. The first kappa shape index (κ1) is 14.4. The number of hydrogen-bond donors (Lipinski definition) is 0. The zero-order valence-corrected chi connectivity index (χ0v) is 10.3. The van der Waals surface area contributed by atoms with Crippen molar-refractivity contribution in [2.24, 2.45) is 0 Å². The second-order valence-electron chi connectivity index (χ2n) is 2.76. The van der Waals surface area contributed by atoms with Gasteiger partial charge < -0.3 is 9.47 Å². The highest BCUT2D eigenvalue weighted by Gasteiger charge is 2.16. The highest BCUT2D eigenvalue weighted by Crippen LogP contribution is 2.34. The Kier molecular flexibility index (Phi) is 6.15. The molecule has 16 heavy (non-hydrogen) atoms. The first-order valence-electron chi connectivity index (χ1n) is 5.02. The number of hydrogen-bond acceptors (Lipinski definition) is 3. The number of rotatable bonds is 3. The fourth-order valence-corrected chi connectivity index (χ4v) is 1.28. The molecule has 0 heterocycles. The molecule has 0 atom stereocenters. The third-order valence-corrected chi connectivity index (χ3v) is 2.01. The molecule has 1 aromatic carbocycles. The average Bonchev–Trinajstić information content (AvgIpc) is 2.33. The number of halogens is 1. The minimum absolute atomic E-state index is 0.0237. The normalized spacial score (nSPS) is 8.88. The van der Waals surface area contributed by atoms with Crippen molar-refractivity contribution in [2.75, 3.05) is 14.2 Å². The second kappa shape index (κ2) is 6.82. The van der Waals surface area contributed by atoms with Crippen molar-refractivity contribution >= 4 is 6.29 Å². The topological polar surface area (TPSA) is 35.5 Å². The Balaban J connectivity index is 0.00000106. The van der Waals surface area contributed by atoms with E-state index in [4.69, 9.17) is 9.47 Å². The lowest BCUT2D eigenvalue weighted by Crippen LogP contribution is -1.99. The van der Waals surface area contributed by atoms with E-state index in [0.29, 0.717) is 11.8 Å². The van der Waals surface area contributed by atoms with Gasteiger partial charge in [0.05, 0.1) is 14.2 Å². The van der Waals surface area contributed by atoms with E-state index in [-0.39, 0.29) is 17.1 Å². The van der Waals surface area contributed by atoms with Crippen LogP contribution in [0, 0.1) is 12.7 Å². The molecule has 0 amide bonds. The van der Waals surface area contributed by atoms with Crippen LogP contribution in [0.3, 0.4) is 0 Å². The van der Waals surface area contributed by atoms with Gasteiger partial charge in [-0.2, -0.15) is 0 Å². The van der Waals surface area contributed by atoms with Crippen LogP contribution in [0.4, 0.5) is 4.39 Å². The lowest BCUT2D eigenvalue weighted by molar-refractivity contribution is 0.112. The lowest BCUT2D eigenvalue weighted by atomic mass is 10.1. The Morgan fingerprint density at radius 1 is 1.19 bits per heavy atom. The molecular formula is C12H17FO3. The van der Waals surface area contributed by atoms with Gasteiger partial charge in [-0.3, -0.25) is 4.79 Å². The number of aldehydes is 1. The molecule has 0 saturated carbocycles. The summed E-state index contributed by atoms with van der Waals surface area (Å²) >= 11 is 0. The molecule has 0 unspecified atom stereocenters. The van der Waals surface area contributed by atoms with Crippen LogP contribution in [0.2, 0.25) is 0 Å². The maximum atomic E-state index is 13.3. The molecular weight excluding hydrogens is 211 g/mol. The highest BCUT2D eigenvalue weighted by molar-refractivity contribution is 5.79. The largest absolute Gasteiger partial charge is 0.492 e. The molecule has 3 nitrogen and oxygen atoms in total. The van der Waals surface area contributed by atoms with Crippen molar-refractivity contribution in [3.8, 4) is 11.5 Å². The molecule has 0 saturated heterocycles. The molecule has 1 aromatic rings. The van der Waals surface area contributed by atoms with Crippen molar-refractivity contribution in [3.05, 3.63) is 23.0 Å². The van der Waals surface area contributed by atoms with E-state index in [1.54, 1.807) is 6.92 Å². The van der Waals surface area contributed by atoms with Gasteiger partial charge in [0.1, 0.15) is 0 Å². The van der Waals surface area contributed by atoms with Gasteiger partial charge in [-0.05, 0) is 13.0 Å². The Morgan fingerprint density at radius 3 is 2.06 bits per heavy atom. The highest BCUT2D eigenvalue weighted by atomic mass is 19.1. The summed E-state index contributed by atoms with van der Waals surface area (Å²) in [6.45, 7) is 5.67.